The maximum atomic E-state index is 9.97. The highest BCUT2D eigenvalue weighted by molar-refractivity contribution is 5.69. The van der Waals surface area contributed by atoms with Gasteiger partial charge in [-0.3, -0.25) is 0 Å². The Kier molecular flexibility index (Phi) is 5.79. The molecule has 3 aromatic rings. The molecule has 3 N–H and O–H groups in total. The van der Waals surface area contributed by atoms with Crippen LogP contribution in [0.25, 0.3) is 11.1 Å². The van der Waals surface area contributed by atoms with Crippen molar-refractivity contribution in [1.82, 2.24) is 4.98 Å². The van der Waals surface area contributed by atoms with Gasteiger partial charge in [0.15, 0.2) is 0 Å². The van der Waals surface area contributed by atoms with Crippen LogP contribution in [0.15, 0.2) is 60.8 Å². The van der Waals surface area contributed by atoms with Crippen molar-refractivity contribution in [1.29, 1.82) is 0 Å². The predicted molar refractivity (Wildman–Crippen MR) is 116 cm³/mol. The fourth-order valence-electron chi connectivity index (χ4n) is 3.77. The molecule has 29 heavy (non-hydrogen) atoms. The summed E-state index contributed by atoms with van der Waals surface area (Å²) in [4.78, 5) is 6.63. The molecule has 1 fully saturated rings. The van der Waals surface area contributed by atoms with Crippen LogP contribution in [-0.2, 0) is 13.2 Å². The molecule has 0 unspecified atom stereocenters. The van der Waals surface area contributed by atoms with Crippen LogP contribution < -0.4 is 15.4 Å². The number of nitrogens with zero attached hydrogens (tertiary/aromatic N) is 2. The Morgan fingerprint density at radius 3 is 2.59 bits per heavy atom. The molecule has 1 aliphatic rings. The Bertz CT molecular complexity index is 955. The van der Waals surface area contributed by atoms with Crippen molar-refractivity contribution < 1.29 is 9.84 Å². The Labute approximate surface area is 171 Å². The summed E-state index contributed by atoms with van der Waals surface area (Å²) in [5.41, 5.74) is 12.1. The Hall–Kier alpha value is -2.89. The van der Waals surface area contributed by atoms with E-state index in [1.54, 1.807) is 0 Å². The molecule has 0 bridgehead atoms. The molecule has 2 aromatic carbocycles. The van der Waals surface area contributed by atoms with Gasteiger partial charge in [-0.05, 0) is 41.3 Å². The third-order valence-electron chi connectivity index (χ3n) is 5.43. The number of aryl methyl sites for hydroxylation is 1. The van der Waals surface area contributed by atoms with Crippen molar-refractivity contribution in [2.45, 2.75) is 32.6 Å². The molecule has 1 atom stereocenters. The number of anilines is 1. The monoisotopic (exact) mass is 389 g/mol. The van der Waals surface area contributed by atoms with Gasteiger partial charge < -0.3 is 20.5 Å². The Morgan fingerprint density at radius 2 is 1.90 bits per heavy atom. The van der Waals surface area contributed by atoms with E-state index in [0.717, 1.165) is 53.0 Å². The molecule has 5 heteroatoms. The zero-order chi connectivity index (χ0) is 20.2. The van der Waals surface area contributed by atoms with Crippen LogP contribution in [0.1, 0.15) is 23.1 Å². The first-order chi connectivity index (χ1) is 14.2. The Morgan fingerprint density at radius 1 is 1.10 bits per heavy atom. The summed E-state index contributed by atoms with van der Waals surface area (Å²) in [6, 6.07) is 18.5. The molecule has 0 spiro atoms. The molecule has 1 aromatic heterocycles. The van der Waals surface area contributed by atoms with Crippen LogP contribution in [0, 0.1) is 6.92 Å². The number of aromatic nitrogens is 1. The first kappa shape index (κ1) is 19.4. The third-order valence-corrected chi connectivity index (χ3v) is 5.43. The maximum Gasteiger partial charge on any atom is 0.213 e. The summed E-state index contributed by atoms with van der Waals surface area (Å²) in [5.74, 6) is 0.668. The number of rotatable bonds is 6. The minimum atomic E-state index is 0.00555. The van der Waals surface area contributed by atoms with Crippen molar-refractivity contribution in [2.24, 2.45) is 5.73 Å². The highest BCUT2D eigenvalue weighted by Gasteiger charge is 2.26. The van der Waals surface area contributed by atoms with Crippen molar-refractivity contribution in [3.8, 4) is 17.0 Å². The van der Waals surface area contributed by atoms with Crippen molar-refractivity contribution in [2.75, 3.05) is 18.0 Å². The number of pyridine rings is 1. The second-order valence-corrected chi connectivity index (χ2v) is 7.55. The van der Waals surface area contributed by atoms with Crippen LogP contribution in [-0.4, -0.2) is 29.3 Å². The molecule has 0 aliphatic carbocycles. The second-order valence-electron chi connectivity index (χ2n) is 7.55. The van der Waals surface area contributed by atoms with E-state index in [1.807, 2.05) is 37.4 Å². The number of hydrogen-bond donors (Lipinski definition) is 2. The van der Waals surface area contributed by atoms with Gasteiger partial charge in [0.1, 0.15) is 6.10 Å². The van der Waals surface area contributed by atoms with Crippen LogP contribution in [0.3, 0.4) is 0 Å². The lowest BCUT2D eigenvalue weighted by molar-refractivity contribution is 0.215. The van der Waals surface area contributed by atoms with Crippen LogP contribution in [0.2, 0.25) is 0 Å². The SMILES string of the molecule is Cc1ccc(O[C@H]2CCN(c3ccc(-c4ccc(CN)cc4)cc3CO)C2)nc1. The van der Waals surface area contributed by atoms with E-state index in [0.29, 0.717) is 12.4 Å². The minimum Gasteiger partial charge on any atom is -0.472 e. The van der Waals surface area contributed by atoms with Gasteiger partial charge in [0, 0.05) is 43.0 Å². The normalized spacial score (nSPS) is 16.2. The van der Waals surface area contributed by atoms with Gasteiger partial charge in [0.2, 0.25) is 5.88 Å². The number of ether oxygens (including phenoxy) is 1. The molecular weight excluding hydrogens is 362 g/mol. The molecular formula is C24H27N3O2. The Balaban J connectivity index is 1.48. The standard InChI is InChI=1S/C24H27N3O2/c1-17-2-9-24(26-14-17)29-22-10-11-27(15-22)23-8-7-20(12-21(23)16-28)19-5-3-18(13-25)4-6-19/h2-9,12,14,22,28H,10-11,13,15-16,25H2,1H3/t22-/m0/s1. The highest BCUT2D eigenvalue weighted by atomic mass is 16.5. The fraction of sp³-hybridized carbons (Fsp3) is 0.292. The van der Waals surface area contributed by atoms with E-state index in [9.17, 15) is 5.11 Å². The van der Waals surface area contributed by atoms with Gasteiger partial charge >= 0.3 is 0 Å². The van der Waals surface area contributed by atoms with E-state index in [4.69, 9.17) is 10.5 Å². The summed E-state index contributed by atoms with van der Waals surface area (Å²) < 4.78 is 6.04. The second kappa shape index (κ2) is 8.64. The van der Waals surface area contributed by atoms with E-state index >= 15 is 0 Å². The van der Waals surface area contributed by atoms with Gasteiger partial charge in [-0.2, -0.15) is 0 Å². The van der Waals surface area contributed by atoms with Gasteiger partial charge in [0.05, 0.1) is 13.2 Å². The summed E-state index contributed by atoms with van der Waals surface area (Å²) in [6.45, 7) is 4.24. The number of benzene rings is 2. The first-order valence-corrected chi connectivity index (χ1v) is 10.0. The summed E-state index contributed by atoms with van der Waals surface area (Å²) in [6.07, 6.45) is 2.85. The lowest BCUT2D eigenvalue weighted by Crippen LogP contribution is -2.25. The lowest BCUT2D eigenvalue weighted by atomic mass is 10.0. The van der Waals surface area contributed by atoms with E-state index < -0.39 is 0 Å². The maximum absolute atomic E-state index is 9.97. The average Bonchev–Trinajstić information content (AvgIpc) is 3.23. The number of aliphatic hydroxyl groups excluding tert-OH is 1. The highest BCUT2D eigenvalue weighted by Crippen LogP contribution is 2.31. The van der Waals surface area contributed by atoms with Gasteiger partial charge in [-0.1, -0.05) is 36.4 Å². The van der Waals surface area contributed by atoms with E-state index in [2.05, 4.69) is 40.2 Å². The van der Waals surface area contributed by atoms with Gasteiger partial charge in [-0.25, -0.2) is 4.98 Å². The third kappa shape index (κ3) is 4.42. The number of hydrogen-bond acceptors (Lipinski definition) is 5. The molecule has 0 saturated carbocycles. The molecule has 5 nitrogen and oxygen atoms in total. The van der Waals surface area contributed by atoms with Crippen molar-refractivity contribution in [3.05, 3.63) is 77.5 Å². The van der Waals surface area contributed by atoms with Gasteiger partial charge in [-0.15, -0.1) is 0 Å². The minimum absolute atomic E-state index is 0.00555. The number of nitrogens with two attached hydrogens (primary N) is 1. The molecule has 1 saturated heterocycles. The summed E-state index contributed by atoms with van der Waals surface area (Å²) >= 11 is 0. The zero-order valence-electron chi connectivity index (χ0n) is 16.7. The van der Waals surface area contributed by atoms with E-state index in [1.165, 1.54) is 0 Å². The van der Waals surface area contributed by atoms with Crippen LogP contribution in [0.5, 0.6) is 5.88 Å². The molecule has 1 aliphatic heterocycles. The van der Waals surface area contributed by atoms with Crippen LogP contribution in [0.4, 0.5) is 5.69 Å². The fourth-order valence-corrected chi connectivity index (χ4v) is 3.77. The molecule has 150 valence electrons. The molecule has 2 heterocycles. The first-order valence-electron chi connectivity index (χ1n) is 10.0. The topological polar surface area (TPSA) is 71.6 Å². The van der Waals surface area contributed by atoms with E-state index in [-0.39, 0.29) is 12.7 Å². The summed E-state index contributed by atoms with van der Waals surface area (Å²) in [5, 5.41) is 9.97. The van der Waals surface area contributed by atoms with Gasteiger partial charge in [0.25, 0.3) is 0 Å². The lowest BCUT2D eigenvalue weighted by Gasteiger charge is -2.22. The molecule has 0 radical (unpaired) electrons. The largest absolute Gasteiger partial charge is 0.472 e. The zero-order valence-corrected chi connectivity index (χ0v) is 16.7. The predicted octanol–water partition coefficient (Wildman–Crippen LogP) is 3.67. The molecule has 4 rings (SSSR count). The van der Waals surface area contributed by atoms with Crippen molar-refractivity contribution >= 4 is 5.69 Å². The quantitative estimate of drug-likeness (QED) is 0.673. The average molecular weight is 389 g/mol. The molecule has 0 amide bonds. The van der Waals surface area contributed by atoms with Crippen LogP contribution >= 0.6 is 0 Å². The van der Waals surface area contributed by atoms with Crippen molar-refractivity contribution in [3.63, 3.8) is 0 Å². The smallest absolute Gasteiger partial charge is 0.213 e. The summed E-state index contributed by atoms with van der Waals surface area (Å²) in [7, 11) is 0. The number of aliphatic hydroxyl groups is 1.